The molecule has 7 heteroatoms. The molecule has 3 aromatic rings. The van der Waals surface area contributed by atoms with Crippen LogP contribution in [0, 0.1) is 12.8 Å². The van der Waals surface area contributed by atoms with Gasteiger partial charge in [-0.05, 0) is 78.3 Å². The number of likely N-dealkylation sites (tertiary alicyclic amines) is 1. The molecule has 1 fully saturated rings. The number of hydrogen-bond donors (Lipinski definition) is 1. The van der Waals surface area contributed by atoms with Crippen molar-refractivity contribution in [3.63, 3.8) is 0 Å². The molecule has 4 rings (SSSR count). The largest absolute Gasteiger partial charge is 0.481 e. The Hall–Kier alpha value is -2.93. The van der Waals surface area contributed by atoms with Crippen molar-refractivity contribution in [2.45, 2.75) is 39.2 Å². The number of nitrogens with zero attached hydrogens (tertiary/aromatic N) is 2. The highest BCUT2D eigenvalue weighted by Gasteiger charge is 2.29. The van der Waals surface area contributed by atoms with Crippen molar-refractivity contribution in [1.29, 1.82) is 0 Å². The van der Waals surface area contributed by atoms with Gasteiger partial charge in [0.2, 0.25) is 0 Å². The predicted molar refractivity (Wildman–Crippen MR) is 121 cm³/mol. The van der Waals surface area contributed by atoms with Crippen LogP contribution in [0.1, 0.15) is 31.7 Å². The number of aryl methyl sites for hydroxylation is 1. The molecule has 2 atom stereocenters. The van der Waals surface area contributed by atoms with Crippen LogP contribution in [0.4, 0.5) is 0 Å². The smallest absolute Gasteiger partial charge is 0.303 e. The highest BCUT2D eigenvalue weighted by atomic mass is 32.1. The van der Waals surface area contributed by atoms with Gasteiger partial charge in [0.25, 0.3) is 5.91 Å². The van der Waals surface area contributed by atoms with Gasteiger partial charge < -0.3 is 14.7 Å². The molecular formula is C24H26N2O4S. The summed E-state index contributed by atoms with van der Waals surface area (Å²) in [5.74, 6) is -0.319. The van der Waals surface area contributed by atoms with Gasteiger partial charge in [0.1, 0.15) is 5.75 Å². The normalized spacial score (nSPS) is 17.5. The van der Waals surface area contributed by atoms with Crippen LogP contribution in [-0.4, -0.2) is 46.1 Å². The van der Waals surface area contributed by atoms with Crippen molar-refractivity contribution in [3.8, 4) is 16.9 Å². The van der Waals surface area contributed by atoms with E-state index in [9.17, 15) is 9.59 Å². The van der Waals surface area contributed by atoms with E-state index in [1.165, 1.54) is 11.1 Å². The molecule has 0 saturated carbocycles. The minimum atomic E-state index is -0.815. The van der Waals surface area contributed by atoms with Gasteiger partial charge in [-0.2, -0.15) is 11.3 Å². The quantitative estimate of drug-likeness (QED) is 0.601. The number of hydrogen-bond acceptors (Lipinski definition) is 5. The third-order valence-electron chi connectivity index (χ3n) is 5.81. The zero-order valence-electron chi connectivity index (χ0n) is 17.7. The molecule has 162 valence electrons. The Morgan fingerprint density at radius 2 is 2.13 bits per heavy atom. The minimum absolute atomic E-state index is 0.00579. The first kappa shape index (κ1) is 21.3. The van der Waals surface area contributed by atoms with E-state index in [0.29, 0.717) is 18.8 Å². The summed E-state index contributed by atoms with van der Waals surface area (Å²) in [5.41, 5.74) is 4.40. The van der Waals surface area contributed by atoms with Crippen molar-refractivity contribution in [3.05, 3.63) is 46.8 Å². The lowest BCUT2D eigenvalue weighted by molar-refractivity contribution is -0.143. The summed E-state index contributed by atoms with van der Waals surface area (Å²) in [6.45, 7) is 4.96. The first-order valence-corrected chi connectivity index (χ1v) is 11.5. The number of amides is 1. The van der Waals surface area contributed by atoms with Gasteiger partial charge >= 0.3 is 5.97 Å². The zero-order valence-corrected chi connectivity index (χ0v) is 18.5. The summed E-state index contributed by atoms with van der Waals surface area (Å²) >= 11 is 1.68. The summed E-state index contributed by atoms with van der Waals surface area (Å²) in [6.07, 6.45) is 2.91. The van der Waals surface area contributed by atoms with E-state index < -0.39 is 12.1 Å². The van der Waals surface area contributed by atoms with Crippen LogP contribution in [0.2, 0.25) is 0 Å². The van der Waals surface area contributed by atoms with Crippen molar-refractivity contribution in [1.82, 2.24) is 9.88 Å². The average Bonchev–Trinajstić information content (AvgIpc) is 3.18. The number of rotatable bonds is 6. The van der Waals surface area contributed by atoms with Crippen LogP contribution in [0.3, 0.4) is 0 Å². The van der Waals surface area contributed by atoms with Crippen molar-refractivity contribution >= 4 is 34.1 Å². The summed E-state index contributed by atoms with van der Waals surface area (Å²) in [4.78, 5) is 30.1. The number of piperidine rings is 1. The Morgan fingerprint density at radius 3 is 2.87 bits per heavy atom. The van der Waals surface area contributed by atoms with Gasteiger partial charge in [0, 0.05) is 37.2 Å². The van der Waals surface area contributed by atoms with Gasteiger partial charge in [-0.1, -0.05) is 0 Å². The monoisotopic (exact) mass is 438 g/mol. The van der Waals surface area contributed by atoms with E-state index in [4.69, 9.17) is 9.84 Å². The van der Waals surface area contributed by atoms with E-state index in [1.54, 1.807) is 29.4 Å². The second-order valence-corrected chi connectivity index (χ2v) is 8.90. The van der Waals surface area contributed by atoms with Gasteiger partial charge in [-0.15, -0.1) is 0 Å². The number of carbonyl (C=O) groups is 2. The van der Waals surface area contributed by atoms with E-state index in [1.807, 2.05) is 24.3 Å². The molecule has 31 heavy (non-hydrogen) atoms. The molecule has 0 bridgehead atoms. The minimum Gasteiger partial charge on any atom is -0.481 e. The van der Waals surface area contributed by atoms with Gasteiger partial charge in [0.05, 0.1) is 5.52 Å². The van der Waals surface area contributed by atoms with Gasteiger partial charge in [-0.3, -0.25) is 14.6 Å². The Balaban J connectivity index is 1.49. The maximum atomic E-state index is 12.9. The SMILES string of the molecule is Cc1cscc1-c1ccnc2cc(OC(C)C(=O)N3CCC[C@H](CC(=O)O)C3)ccc12. The fraction of sp³-hybridized carbons (Fsp3) is 0.375. The molecule has 1 aliphatic heterocycles. The number of thiophene rings is 1. The molecule has 0 aliphatic carbocycles. The second-order valence-electron chi connectivity index (χ2n) is 8.16. The van der Waals surface area contributed by atoms with Crippen LogP contribution in [0.15, 0.2) is 41.2 Å². The molecule has 1 N–H and O–H groups in total. The number of carbonyl (C=O) groups excluding carboxylic acids is 1. The topological polar surface area (TPSA) is 79.7 Å². The standard InChI is InChI=1S/C24H26N2O4S/c1-15-13-31-14-21(15)19-7-8-25-22-11-18(5-6-20(19)22)30-16(2)24(29)26-9-3-4-17(12-26)10-23(27)28/h5-8,11,13-14,16-17H,3-4,9-10,12H2,1-2H3,(H,27,28)/t16?,17-/m1/s1. The number of ether oxygens (including phenoxy) is 1. The fourth-order valence-electron chi connectivity index (χ4n) is 4.26. The van der Waals surface area contributed by atoms with E-state index >= 15 is 0 Å². The lowest BCUT2D eigenvalue weighted by atomic mass is 9.94. The number of carboxylic acids is 1. The Bertz CT molecular complexity index is 1110. The Kier molecular flexibility index (Phi) is 6.23. The van der Waals surface area contributed by atoms with Crippen LogP contribution >= 0.6 is 11.3 Å². The number of benzene rings is 1. The number of carboxylic acid groups (broad SMARTS) is 1. The third kappa shape index (κ3) is 4.71. The van der Waals surface area contributed by atoms with Crippen molar-refractivity contribution < 1.29 is 19.4 Å². The molecular weight excluding hydrogens is 412 g/mol. The Labute approximate surface area is 185 Å². The first-order valence-electron chi connectivity index (χ1n) is 10.5. The number of pyridine rings is 1. The number of aromatic nitrogens is 1. The molecule has 1 amide bonds. The second kappa shape index (κ2) is 9.06. The van der Waals surface area contributed by atoms with Crippen LogP contribution in [-0.2, 0) is 9.59 Å². The molecule has 1 aliphatic rings. The summed E-state index contributed by atoms with van der Waals surface area (Å²) in [7, 11) is 0. The maximum absolute atomic E-state index is 12.9. The molecule has 0 spiro atoms. The maximum Gasteiger partial charge on any atom is 0.303 e. The van der Waals surface area contributed by atoms with Crippen LogP contribution in [0.25, 0.3) is 22.0 Å². The highest BCUT2D eigenvalue weighted by Crippen LogP contribution is 2.33. The van der Waals surface area contributed by atoms with Crippen molar-refractivity contribution in [2.75, 3.05) is 13.1 Å². The van der Waals surface area contributed by atoms with Crippen molar-refractivity contribution in [2.24, 2.45) is 5.92 Å². The molecule has 1 saturated heterocycles. The first-order chi connectivity index (χ1) is 14.9. The predicted octanol–water partition coefficient (Wildman–Crippen LogP) is 4.75. The fourth-order valence-corrected chi connectivity index (χ4v) is 5.11. The Morgan fingerprint density at radius 1 is 1.29 bits per heavy atom. The number of fused-ring (bicyclic) bond motifs is 1. The van der Waals surface area contributed by atoms with Gasteiger partial charge in [0.15, 0.2) is 6.10 Å². The van der Waals surface area contributed by atoms with Crippen LogP contribution in [0.5, 0.6) is 5.75 Å². The van der Waals surface area contributed by atoms with E-state index in [0.717, 1.165) is 29.3 Å². The highest BCUT2D eigenvalue weighted by molar-refractivity contribution is 7.08. The molecule has 1 aromatic carbocycles. The summed E-state index contributed by atoms with van der Waals surface area (Å²) in [5, 5.41) is 14.4. The molecule has 1 unspecified atom stereocenters. The zero-order chi connectivity index (χ0) is 22.0. The molecule has 3 heterocycles. The molecule has 0 radical (unpaired) electrons. The third-order valence-corrected chi connectivity index (χ3v) is 6.68. The summed E-state index contributed by atoms with van der Waals surface area (Å²) < 4.78 is 5.96. The molecule has 6 nitrogen and oxygen atoms in total. The lowest BCUT2D eigenvalue weighted by Crippen LogP contribution is -2.46. The van der Waals surface area contributed by atoms with Gasteiger partial charge in [-0.25, -0.2) is 0 Å². The number of aliphatic carboxylic acids is 1. The average molecular weight is 439 g/mol. The molecule has 2 aromatic heterocycles. The van der Waals surface area contributed by atoms with E-state index in [2.05, 4.69) is 22.7 Å². The lowest BCUT2D eigenvalue weighted by Gasteiger charge is -2.33. The van der Waals surface area contributed by atoms with Crippen LogP contribution < -0.4 is 4.74 Å². The summed E-state index contributed by atoms with van der Waals surface area (Å²) in [6, 6.07) is 7.76. The van der Waals surface area contributed by atoms with E-state index in [-0.39, 0.29) is 18.2 Å².